The summed E-state index contributed by atoms with van der Waals surface area (Å²) in [6.45, 7) is 7.02. The Labute approximate surface area is 104 Å². The van der Waals surface area contributed by atoms with Crippen molar-refractivity contribution in [2.45, 2.75) is 25.9 Å². The number of rotatable bonds is 4. The highest BCUT2D eigenvalue weighted by Gasteiger charge is 2.38. The maximum Gasteiger partial charge on any atom is 0.0724 e. The molecule has 17 heavy (non-hydrogen) atoms. The Morgan fingerprint density at radius 1 is 1.53 bits per heavy atom. The summed E-state index contributed by atoms with van der Waals surface area (Å²) < 4.78 is 11.0. The molecule has 3 unspecified atom stereocenters. The molecule has 2 heterocycles. The lowest BCUT2D eigenvalue weighted by Gasteiger charge is -2.40. The maximum atomic E-state index is 9.58. The lowest BCUT2D eigenvalue weighted by atomic mass is 9.86. The Morgan fingerprint density at radius 2 is 2.35 bits per heavy atom. The van der Waals surface area contributed by atoms with Gasteiger partial charge in [-0.2, -0.15) is 0 Å². The Morgan fingerprint density at radius 3 is 2.94 bits per heavy atom. The number of hydrogen-bond acceptors (Lipinski definition) is 4. The van der Waals surface area contributed by atoms with Crippen molar-refractivity contribution in [2.24, 2.45) is 11.3 Å². The number of piperidine rings is 1. The first kappa shape index (κ1) is 13.3. The second-order valence-electron chi connectivity index (χ2n) is 5.74. The molecule has 1 N–H and O–H groups in total. The molecule has 100 valence electrons. The number of hydrogen-bond donors (Lipinski definition) is 1. The Bertz CT molecular complexity index is 241. The van der Waals surface area contributed by atoms with Crippen LogP contribution in [0, 0.1) is 11.3 Å². The summed E-state index contributed by atoms with van der Waals surface area (Å²) in [5.74, 6) is 0.640. The number of ether oxygens (including phenoxy) is 2. The van der Waals surface area contributed by atoms with Crippen LogP contribution in [0.3, 0.4) is 0 Å². The van der Waals surface area contributed by atoms with Gasteiger partial charge in [0, 0.05) is 32.2 Å². The van der Waals surface area contributed by atoms with Crippen LogP contribution in [0.25, 0.3) is 0 Å². The summed E-state index contributed by atoms with van der Waals surface area (Å²) in [7, 11) is 1.80. The molecule has 0 aromatic heterocycles. The van der Waals surface area contributed by atoms with Gasteiger partial charge in [-0.25, -0.2) is 0 Å². The zero-order valence-corrected chi connectivity index (χ0v) is 11.0. The number of likely N-dealkylation sites (tertiary alicyclic amines) is 1. The third kappa shape index (κ3) is 2.99. The van der Waals surface area contributed by atoms with Crippen molar-refractivity contribution in [1.29, 1.82) is 0 Å². The van der Waals surface area contributed by atoms with Gasteiger partial charge in [-0.05, 0) is 25.3 Å². The van der Waals surface area contributed by atoms with E-state index in [-0.39, 0.29) is 12.0 Å². The molecule has 0 radical (unpaired) electrons. The van der Waals surface area contributed by atoms with Crippen molar-refractivity contribution < 1.29 is 14.6 Å². The highest BCUT2D eigenvalue weighted by atomic mass is 16.5. The second kappa shape index (κ2) is 5.65. The fourth-order valence-electron chi connectivity index (χ4n) is 2.97. The minimum atomic E-state index is -0.0289. The van der Waals surface area contributed by atoms with E-state index in [0.29, 0.717) is 18.6 Å². The molecule has 0 aliphatic carbocycles. The average molecular weight is 243 g/mol. The van der Waals surface area contributed by atoms with Crippen LogP contribution in [0.2, 0.25) is 0 Å². The molecule has 2 saturated heterocycles. The summed E-state index contributed by atoms with van der Waals surface area (Å²) in [6.07, 6.45) is 2.50. The van der Waals surface area contributed by atoms with E-state index in [9.17, 15) is 5.11 Å². The smallest absolute Gasteiger partial charge is 0.0724 e. The van der Waals surface area contributed by atoms with Crippen LogP contribution in [-0.4, -0.2) is 62.7 Å². The molecule has 0 amide bonds. The summed E-state index contributed by atoms with van der Waals surface area (Å²) in [6, 6.07) is 0. The lowest BCUT2D eigenvalue weighted by molar-refractivity contribution is -0.0271. The zero-order valence-electron chi connectivity index (χ0n) is 11.0. The van der Waals surface area contributed by atoms with Gasteiger partial charge in [-0.1, -0.05) is 6.92 Å². The molecule has 4 heteroatoms. The van der Waals surface area contributed by atoms with Crippen LogP contribution in [0.1, 0.15) is 19.8 Å². The van der Waals surface area contributed by atoms with Gasteiger partial charge >= 0.3 is 0 Å². The van der Waals surface area contributed by atoms with Crippen molar-refractivity contribution in [3.8, 4) is 0 Å². The van der Waals surface area contributed by atoms with E-state index in [1.54, 1.807) is 7.11 Å². The van der Waals surface area contributed by atoms with E-state index in [1.165, 1.54) is 6.42 Å². The van der Waals surface area contributed by atoms with E-state index in [4.69, 9.17) is 9.47 Å². The average Bonchev–Trinajstić information content (AvgIpc) is 2.81. The van der Waals surface area contributed by atoms with Gasteiger partial charge in [0.1, 0.15) is 0 Å². The van der Waals surface area contributed by atoms with Crippen molar-refractivity contribution in [3.05, 3.63) is 0 Å². The molecule has 2 aliphatic heterocycles. The van der Waals surface area contributed by atoms with Gasteiger partial charge in [-0.15, -0.1) is 0 Å². The molecule has 2 fully saturated rings. The first-order valence-electron chi connectivity index (χ1n) is 6.63. The molecule has 2 aliphatic rings. The highest BCUT2D eigenvalue weighted by Crippen LogP contribution is 2.31. The van der Waals surface area contributed by atoms with Crippen LogP contribution in [0.5, 0.6) is 0 Å². The lowest BCUT2D eigenvalue weighted by Crippen LogP contribution is -2.49. The molecule has 0 aromatic carbocycles. The van der Waals surface area contributed by atoms with Crippen LogP contribution in [-0.2, 0) is 9.47 Å². The Hall–Kier alpha value is -0.160. The SMILES string of the molecule is COC1CN(CC2(CO)CCOC2)CCC1C. The number of methoxy groups -OCH3 is 1. The van der Waals surface area contributed by atoms with E-state index in [1.807, 2.05) is 0 Å². The molecule has 4 nitrogen and oxygen atoms in total. The third-order valence-electron chi connectivity index (χ3n) is 4.36. The fraction of sp³-hybridized carbons (Fsp3) is 1.00. The maximum absolute atomic E-state index is 9.58. The fourth-order valence-corrected chi connectivity index (χ4v) is 2.97. The topological polar surface area (TPSA) is 41.9 Å². The van der Waals surface area contributed by atoms with Gasteiger partial charge in [-0.3, -0.25) is 0 Å². The van der Waals surface area contributed by atoms with Crippen molar-refractivity contribution in [1.82, 2.24) is 4.90 Å². The van der Waals surface area contributed by atoms with Gasteiger partial charge in [0.15, 0.2) is 0 Å². The minimum Gasteiger partial charge on any atom is -0.396 e. The van der Waals surface area contributed by atoms with E-state index >= 15 is 0 Å². The van der Waals surface area contributed by atoms with Crippen molar-refractivity contribution in [2.75, 3.05) is 46.6 Å². The van der Waals surface area contributed by atoms with Gasteiger partial charge < -0.3 is 19.5 Å². The molecule has 2 rings (SSSR count). The monoisotopic (exact) mass is 243 g/mol. The summed E-state index contributed by atoms with van der Waals surface area (Å²) in [4.78, 5) is 2.43. The van der Waals surface area contributed by atoms with E-state index in [2.05, 4.69) is 11.8 Å². The van der Waals surface area contributed by atoms with Gasteiger partial charge in [0.25, 0.3) is 0 Å². The van der Waals surface area contributed by atoms with Crippen molar-refractivity contribution >= 4 is 0 Å². The third-order valence-corrected chi connectivity index (χ3v) is 4.36. The van der Waals surface area contributed by atoms with Crippen LogP contribution >= 0.6 is 0 Å². The number of nitrogens with zero attached hydrogens (tertiary/aromatic N) is 1. The van der Waals surface area contributed by atoms with Crippen LogP contribution in [0.4, 0.5) is 0 Å². The first-order valence-corrected chi connectivity index (χ1v) is 6.63. The predicted molar refractivity (Wildman–Crippen MR) is 66.0 cm³/mol. The predicted octanol–water partition coefficient (Wildman–Crippen LogP) is 0.742. The Balaban J connectivity index is 1.90. The largest absolute Gasteiger partial charge is 0.396 e. The summed E-state index contributed by atoms with van der Waals surface area (Å²) in [5.41, 5.74) is -0.0289. The normalized spacial score (nSPS) is 39.7. The molecular formula is C13H25NO3. The zero-order chi connectivity index (χ0) is 12.3. The molecule has 3 atom stereocenters. The summed E-state index contributed by atoms with van der Waals surface area (Å²) >= 11 is 0. The van der Waals surface area contributed by atoms with Crippen molar-refractivity contribution in [3.63, 3.8) is 0 Å². The van der Waals surface area contributed by atoms with Crippen LogP contribution < -0.4 is 0 Å². The second-order valence-corrected chi connectivity index (χ2v) is 5.74. The summed E-state index contributed by atoms with van der Waals surface area (Å²) in [5, 5.41) is 9.58. The van der Waals surface area contributed by atoms with Gasteiger partial charge in [0.05, 0.1) is 19.3 Å². The molecular weight excluding hydrogens is 218 g/mol. The Kier molecular flexibility index (Phi) is 4.42. The number of aliphatic hydroxyl groups is 1. The van der Waals surface area contributed by atoms with E-state index < -0.39 is 0 Å². The molecule has 0 aromatic rings. The molecule has 0 spiro atoms. The number of aliphatic hydroxyl groups excluding tert-OH is 1. The molecule has 0 saturated carbocycles. The molecule has 0 bridgehead atoms. The minimum absolute atomic E-state index is 0.0289. The standard InChI is InChI=1S/C13H25NO3/c1-11-3-5-14(7-12(11)16-2)8-13(9-15)4-6-17-10-13/h11-12,15H,3-10H2,1-2H3. The van der Waals surface area contributed by atoms with Crippen LogP contribution in [0.15, 0.2) is 0 Å². The van der Waals surface area contributed by atoms with E-state index in [0.717, 1.165) is 32.7 Å². The quantitative estimate of drug-likeness (QED) is 0.791. The van der Waals surface area contributed by atoms with Gasteiger partial charge in [0.2, 0.25) is 0 Å². The highest BCUT2D eigenvalue weighted by molar-refractivity contribution is 4.88. The first-order chi connectivity index (χ1) is 8.19.